The van der Waals surface area contributed by atoms with Crippen molar-refractivity contribution in [2.75, 3.05) is 4.90 Å². The zero-order valence-electron chi connectivity index (χ0n) is 29.8. The molecule has 1 aliphatic heterocycles. The van der Waals surface area contributed by atoms with Gasteiger partial charge in [-0.3, -0.25) is 0 Å². The minimum Gasteiger partial charge on any atom is -0.454 e. The van der Waals surface area contributed by atoms with E-state index in [0.717, 1.165) is 34.0 Å². The van der Waals surface area contributed by atoms with E-state index in [0.29, 0.717) is 0 Å². The van der Waals surface area contributed by atoms with E-state index in [2.05, 4.69) is 192 Å². The van der Waals surface area contributed by atoms with Crippen molar-refractivity contribution in [2.24, 2.45) is 0 Å². The van der Waals surface area contributed by atoms with Crippen LogP contribution in [0.15, 0.2) is 180 Å². The molecule has 1 aliphatic carbocycles. The number of furan rings is 1. The third kappa shape index (κ3) is 4.01. The van der Waals surface area contributed by atoms with E-state index < -0.39 is 0 Å². The molecule has 0 saturated heterocycles. The van der Waals surface area contributed by atoms with Crippen LogP contribution in [0, 0.1) is 0 Å². The molecule has 0 amide bonds. The van der Waals surface area contributed by atoms with Gasteiger partial charge in [0, 0.05) is 38.2 Å². The van der Waals surface area contributed by atoms with Gasteiger partial charge in [-0.25, -0.2) is 0 Å². The fourth-order valence-electron chi connectivity index (χ4n) is 9.58. The molecule has 3 heterocycles. The lowest BCUT2D eigenvalue weighted by Gasteiger charge is -2.39. The van der Waals surface area contributed by atoms with Crippen molar-refractivity contribution in [3.8, 4) is 5.69 Å². The third-order valence-electron chi connectivity index (χ3n) is 12.1. The van der Waals surface area contributed by atoms with Gasteiger partial charge in [0.1, 0.15) is 5.58 Å². The van der Waals surface area contributed by atoms with Crippen molar-refractivity contribution in [3.63, 3.8) is 0 Å². The van der Waals surface area contributed by atoms with Gasteiger partial charge < -0.3 is 13.9 Å². The summed E-state index contributed by atoms with van der Waals surface area (Å²) in [7, 11) is 0. The Kier molecular flexibility index (Phi) is 5.97. The van der Waals surface area contributed by atoms with E-state index in [4.69, 9.17) is 4.42 Å². The molecule has 1 atom stereocenters. The van der Waals surface area contributed by atoms with Crippen LogP contribution in [-0.2, 0) is 0 Å². The highest BCUT2D eigenvalue weighted by molar-refractivity contribution is 6.16. The summed E-state index contributed by atoms with van der Waals surface area (Å²) in [6, 6.07) is 59.7. The Hall–Kier alpha value is -6.84. The average Bonchev–Trinajstić information content (AvgIpc) is 3.85. The molecule has 0 N–H and O–H groups in total. The zero-order chi connectivity index (χ0) is 35.5. The van der Waals surface area contributed by atoms with Gasteiger partial charge >= 0.3 is 0 Å². The van der Waals surface area contributed by atoms with E-state index >= 15 is 0 Å². The molecule has 0 bridgehead atoms. The van der Waals surface area contributed by atoms with Crippen LogP contribution in [0.25, 0.3) is 82.1 Å². The summed E-state index contributed by atoms with van der Waals surface area (Å²) in [4.78, 5) is 2.56. The van der Waals surface area contributed by atoms with Crippen molar-refractivity contribution < 1.29 is 4.42 Å². The number of nitrogens with zero attached hydrogens (tertiary/aromatic N) is 2. The first-order valence-electron chi connectivity index (χ1n) is 18.8. The predicted molar refractivity (Wildman–Crippen MR) is 227 cm³/mol. The van der Waals surface area contributed by atoms with Crippen LogP contribution in [0.5, 0.6) is 0 Å². The molecule has 1 unspecified atom stereocenters. The fourth-order valence-corrected chi connectivity index (χ4v) is 9.58. The molecule has 0 spiro atoms. The van der Waals surface area contributed by atoms with Crippen molar-refractivity contribution in [3.05, 3.63) is 187 Å². The van der Waals surface area contributed by atoms with Gasteiger partial charge in [-0.2, -0.15) is 0 Å². The van der Waals surface area contributed by atoms with E-state index in [-0.39, 0.29) is 5.54 Å². The molecular formula is C51H34N2O. The van der Waals surface area contributed by atoms with Crippen molar-refractivity contribution in [1.82, 2.24) is 4.57 Å². The van der Waals surface area contributed by atoms with Gasteiger partial charge in [0.05, 0.1) is 27.9 Å². The van der Waals surface area contributed by atoms with Gasteiger partial charge in [0.25, 0.3) is 0 Å². The number of hydrogen-bond acceptors (Lipinski definition) is 2. The Balaban J connectivity index is 1.05. The highest BCUT2D eigenvalue weighted by Gasteiger charge is 2.47. The number of hydrogen-bond donors (Lipinski definition) is 0. The standard InChI is InChI=1S/C51H34N2O/c1-51-28-27-36(35-22-26-47-43(30-35)39-16-6-8-18-46(39)52(47)45-19-10-14-33-12-4-5-15-38(33)45)31-44(51)42-25-24-41-40-17-7-9-20-48(40)54-50(41)49(42)53(51)37-23-21-32-11-2-3-13-34(32)29-37/h2-27,29-31H,28H2,1H3. The molecule has 54 heavy (non-hydrogen) atoms. The highest BCUT2D eigenvalue weighted by atomic mass is 16.3. The molecule has 0 fully saturated rings. The summed E-state index contributed by atoms with van der Waals surface area (Å²) >= 11 is 0. The molecular weight excluding hydrogens is 657 g/mol. The lowest BCUT2D eigenvalue weighted by atomic mass is 9.79. The van der Waals surface area contributed by atoms with Gasteiger partial charge in [0.2, 0.25) is 0 Å². The van der Waals surface area contributed by atoms with Crippen molar-refractivity contribution >= 4 is 87.8 Å². The predicted octanol–water partition coefficient (Wildman–Crippen LogP) is 13.8. The van der Waals surface area contributed by atoms with Gasteiger partial charge in [-0.15, -0.1) is 0 Å². The molecule has 0 radical (unpaired) electrons. The molecule has 3 nitrogen and oxygen atoms in total. The summed E-state index contributed by atoms with van der Waals surface area (Å²) in [6.45, 7) is 2.40. The maximum absolute atomic E-state index is 6.76. The first-order chi connectivity index (χ1) is 26.6. The highest BCUT2D eigenvalue weighted by Crippen LogP contribution is 2.58. The fraction of sp³-hybridized carbons (Fsp3) is 0.0588. The monoisotopic (exact) mass is 690 g/mol. The number of fused-ring (bicyclic) bond motifs is 12. The molecule has 8 aromatic carbocycles. The summed E-state index contributed by atoms with van der Waals surface area (Å²) < 4.78 is 9.20. The average molecular weight is 691 g/mol. The van der Waals surface area contributed by atoms with E-state index in [1.807, 2.05) is 0 Å². The molecule has 254 valence electrons. The Morgan fingerprint density at radius 2 is 1.30 bits per heavy atom. The van der Waals surface area contributed by atoms with E-state index in [1.54, 1.807) is 0 Å². The zero-order valence-corrected chi connectivity index (χ0v) is 29.8. The van der Waals surface area contributed by atoms with Crippen LogP contribution < -0.4 is 4.90 Å². The number of benzene rings is 8. The summed E-state index contributed by atoms with van der Waals surface area (Å²) in [6.07, 6.45) is 5.75. The second kappa shape index (κ2) is 10.8. The van der Waals surface area contributed by atoms with Gasteiger partial charge in [-0.1, -0.05) is 121 Å². The van der Waals surface area contributed by atoms with Crippen LogP contribution in [0.4, 0.5) is 11.4 Å². The molecule has 0 saturated carbocycles. The van der Waals surface area contributed by atoms with Crippen LogP contribution in [-0.4, -0.2) is 10.1 Å². The Morgan fingerprint density at radius 3 is 2.20 bits per heavy atom. The maximum Gasteiger partial charge on any atom is 0.159 e. The Bertz CT molecular complexity index is 3280. The molecule has 2 aromatic heterocycles. The number of aromatic nitrogens is 1. The van der Waals surface area contributed by atoms with Crippen molar-refractivity contribution in [1.29, 1.82) is 0 Å². The van der Waals surface area contributed by atoms with Crippen LogP contribution in [0.1, 0.15) is 24.5 Å². The van der Waals surface area contributed by atoms with Crippen LogP contribution in [0.2, 0.25) is 0 Å². The first-order valence-corrected chi connectivity index (χ1v) is 18.8. The quantitative estimate of drug-likeness (QED) is 0.184. The second-order valence-corrected chi connectivity index (χ2v) is 15.1. The lowest BCUT2D eigenvalue weighted by Crippen LogP contribution is -2.40. The minimum absolute atomic E-state index is 0.309. The van der Waals surface area contributed by atoms with Crippen LogP contribution >= 0.6 is 0 Å². The van der Waals surface area contributed by atoms with Gasteiger partial charge in [-0.05, 0) is 101 Å². The van der Waals surface area contributed by atoms with Crippen LogP contribution in [0.3, 0.4) is 0 Å². The topological polar surface area (TPSA) is 21.3 Å². The number of anilines is 2. The first kappa shape index (κ1) is 29.7. The lowest BCUT2D eigenvalue weighted by molar-refractivity contribution is 0.603. The Morgan fingerprint density at radius 1 is 0.556 bits per heavy atom. The molecule has 12 rings (SSSR count). The van der Waals surface area contributed by atoms with E-state index in [9.17, 15) is 0 Å². The van der Waals surface area contributed by atoms with E-state index in [1.165, 1.54) is 77.0 Å². The normalized spacial score (nSPS) is 16.8. The summed E-state index contributed by atoms with van der Waals surface area (Å²) in [5, 5.41) is 9.80. The third-order valence-corrected chi connectivity index (χ3v) is 12.1. The SMILES string of the molecule is CC12CC=C(c3ccc4c(c3)c3ccccc3n4-c3cccc4ccccc34)C=C1c1ccc3c(oc4ccccc43)c1N2c1ccc2ccccc2c1. The summed E-state index contributed by atoms with van der Waals surface area (Å²) in [5.41, 5.74) is 12.6. The Labute approximate surface area is 312 Å². The van der Waals surface area contributed by atoms with Gasteiger partial charge in [0.15, 0.2) is 5.58 Å². The number of allylic oxidation sites excluding steroid dienone is 2. The molecule has 10 aromatic rings. The molecule has 2 aliphatic rings. The smallest absolute Gasteiger partial charge is 0.159 e. The molecule has 3 heteroatoms. The summed E-state index contributed by atoms with van der Waals surface area (Å²) in [5.74, 6) is 0. The maximum atomic E-state index is 6.76. The number of para-hydroxylation sites is 2. The second-order valence-electron chi connectivity index (χ2n) is 15.1. The van der Waals surface area contributed by atoms with Crippen molar-refractivity contribution in [2.45, 2.75) is 18.9 Å². The number of rotatable bonds is 3. The largest absolute Gasteiger partial charge is 0.454 e. The minimum atomic E-state index is -0.309.